The summed E-state index contributed by atoms with van der Waals surface area (Å²) in [6.45, 7) is 2.39. The van der Waals surface area contributed by atoms with Gasteiger partial charge in [-0.15, -0.1) is 0 Å². The standard InChI is InChI=1S/C24H24ClN3O4/c1-2-32-19-12-10-18(11-13-19)28-23(30)20(25)21(24(28)31)26-17-9-5-6-15(14-17)22(29)27-16-7-3-4-8-16/h5-6,9-14,16,26H,2-4,7-8H2,1H3,(H,27,29). The van der Waals surface area contributed by atoms with Crippen LogP contribution in [0.1, 0.15) is 43.0 Å². The van der Waals surface area contributed by atoms with E-state index in [1.807, 2.05) is 6.92 Å². The lowest BCUT2D eigenvalue weighted by Crippen LogP contribution is -2.32. The summed E-state index contributed by atoms with van der Waals surface area (Å²) < 4.78 is 5.40. The van der Waals surface area contributed by atoms with Crippen LogP contribution in [0.4, 0.5) is 11.4 Å². The van der Waals surface area contributed by atoms with Gasteiger partial charge in [0.05, 0.1) is 12.3 Å². The molecule has 1 heterocycles. The van der Waals surface area contributed by atoms with Gasteiger partial charge in [-0.25, -0.2) is 4.90 Å². The molecule has 0 unspecified atom stereocenters. The number of nitrogens with one attached hydrogen (secondary N) is 2. The Morgan fingerprint density at radius 1 is 1.09 bits per heavy atom. The Kier molecular flexibility index (Phi) is 6.46. The fraction of sp³-hybridized carbons (Fsp3) is 0.292. The number of hydrogen-bond donors (Lipinski definition) is 2. The van der Waals surface area contributed by atoms with Crippen LogP contribution < -0.4 is 20.3 Å². The quantitative estimate of drug-likeness (QED) is 0.613. The second-order valence-electron chi connectivity index (χ2n) is 7.72. The minimum atomic E-state index is -0.613. The third kappa shape index (κ3) is 4.48. The lowest BCUT2D eigenvalue weighted by Gasteiger charge is -2.16. The largest absolute Gasteiger partial charge is 0.494 e. The van der Waals surface area contributed by atoms with Gasteiger partial charge in [0.1, 0.15) is 16.5 Å². The number of amides is 3. The van der Waals surface area contributed by atoms with E-state index in [1.165, 1.54) is 0 Å². The number of rotatable bonds is 7. The van der Waals surface area contributed by atoms with E-state index in [0.717, 1.165) is 30.6 Å². The molecule has 2 aromatic rings. The molecule has 1 aliphatic heterocycles. The van der Waals surface area contributed by atoms with E-state index < -0.39 is 11.8 Å². The molecule has 0 aromatic heterocycles. The SMILES string of the molecule is CCOc1ccc(N2C(=O)C(Cl)=C(Nc3cccc(C(=O)NC4CCCC4)c3)C2=O)cc1. The van der Waals surface area contributed by atoms with Crippen molar-refractivity contribution in [1.29, 1.82) is 0 Å². The maximum Gasteiger partial charge on any atom is 0.283 e. The topological polar surface area (TPSA) is 87.7 Å². The molecule has 4 rings (SSSR count). The first-order valence-electron chi connectivity index (χ1n) is 10.7. The molecule has 8 heteroatoms. The van der Waals surface area contributed by atoms with Crippen molar-refractivity contribution in [3.05, 3.63) is 64.8 Å². The normalized spacial score (nSPS) is 16.6. The average Bonchev–Trinajstić information content (AvgIpc) is 3.38. The molecule has 2 N–H and O–H groups in total. The van der Waals surface area contributed by atoms with Gasteiger partial charge >= 0.3 is 0 Å². The highest BCUT2D eigenvalue weighted by Crippen LogP contribution is 2.31. The van der Waals surface area contributed by atoms with E-state index in [1.54, 1.807) is 48.5 Å². The van der Waals surface area contributed by atoms with E-state index in [9.17, 15) is 14.4 Å². The highest BCUT2D eigenvalue weighted by atomic mass is 35.5. The molecule has 0 radical (unpaired) electrons. The summed E-state index contributed by atoms with van der Waals surface area (Å²) in [6, 6.07) is 13.6. The molecule has 1 fully saturated rings. The zero-order valence-electron chi connectivity index (χ0n) is 17.7. The Morgan fingerprint density at radius 3 is 2.50 bits per heavy atom. The van der Waals surface area contributed by atoms with E-state index in [2.05, 4.69) is 10.6 Å². The summed E-state index contributed by atoms with van der Waals surface area (Å²) in [6.07, 6.45) is 4.23. The molecule has 1 aliphatic carbocycles. The summed E-state index contributed by atoms with van der Waals surface area (Å²) in [4.78, 5) is 39.2. The van der Waals surface area contributed by atoms with E-state index in [-0.39, 0.29) is 22.7 Å². The van der Waals surface area contributed by atoms with Crippen LogP contribution in [-0.4, -0.2) is 30.4 Å². The molecule has 2 aliphatic rings. The molecular formula is C24H24ClN3O4. The molecule has 0 bridgehead atoms. The number of nitrogens with zero attached hydrogens (tertiary/aromatic N) is 1. The Hall–Kier alpha value is -3.32. The van der Waals surface area contributed by atoms with E-state index in [4.69, 9.17) is 16.3 Å². The molecule has 0 spiro atoms. The van der Waals surface area contributed by atoms with Crippen LogP contribution in [0.3, 0.4) is 0 Å². The van der Waals surface area contributed by atoms with Crippen LogP contribution in [-0.2, 0) is 9.59 Å². The van der Waals surface area contributed by atoms with Gasteiger partial charge in [-0.05, 0) is 62.2 Å². The minimum Gasteiger partial charge on any atom is -0.494 e. The predicted molar refractivity (Wildman–Crippen MR) is 123 cm³/mol. The van der Waals surface area contributed by atoms with Crippen molar-refractivity contribution in [2.24, 2.45) is 0 Å². The highest BCUT2D eigenvalue weighted by molar-refractivity contribution is 6.53. The van der Waals surface area contributed by atoms with Crippen molar-refractivity contribution >= 4 is 40.7 Å². The fourth-order valence-corrected chi connectivity index (χ4v) is 4.14. The van der Waals surface area contributed by atoms with Crippen molar-refractivity contribution in [3.8, 4) is 5.75 Å². The first kappa shape index (κ1) is 21.9. The smallest absolute Gasteiger partial charge is 0.283 e. The van der Waals surface area contributed by atoms with Crippen molar-refractivity contribution in [2.45, 2.75) is 38.6 Å². The number of halogens is 1. The van der Waals surface area contributed by atoms with Crippen LogP contribution in [0.5, 0.6) is 5.75 Å². The molecule has 1 saturated carbocycles. The first-order chi connectivity index (χ1) is 15.5. The zero-order chi connectivity index (χ0) is 22.7. The van der Waals surface area contributed by atoms with Crippen molar-refractivity contribution < 1.29 is 19.1 Å². The van der Waals surface area contributed by atoms with Gasteiger partial charge in [-0.3, -0.25) is 14.4 Å². The third-order valence-corrected chi connectivity index (χ3v) is 5.87. The number of carbonyl (C=O) groups excluding carboxylic acids is 3. The van der Waals surface area contributed by atoms with Gasteiger partial charge in [0.15, 0.2) is 0 Å². The van der Waals surface area contributed by atoms with Gasteiger partial charge in [-0.2, -0.15) is 0 Å². The number of ether oxygens (including phenoxy) is 1. The van der Waals surface area contributed by atoms with Crippen molar-refractivity contribution in [1.82, 2.24) is 5.32 Å². The molecule has 7 nitrogen and oxygen atoms in total. The molecule has 0 atom stereocenters. The maximum atomic E-state index is 13.0. The Labute approximate surface area is 191 Å². The Bertz CT molecular complexity index is 1070. The first-order valence-corrected chi connectivity index (χ1v) is 11.0. The summed E-state index contributed by atoms with van der Waals surface area (Å²) >= 11 is 6.22. The Balaban J connectivity index is 1.49. The predicted octanol–water partition coefficient (Wildman–Crippen LogP) is 4.19. The third-order valence-electron chi connectivity index (χ3n) is 5.52. The molecule has 166 valence electrons. The zero-order valence-corrected chi connectivity index (χ0v) is 18.4. The molecule has 0 saturated heterocycles. The van der Waals surface area contributed by atoms with Crippen molar-refractivity contribution in [3.63, 3.8) is 0 Å². The van der Waals surface area contributed by atoms with E-state index >= 15 is 0 Å². The second kappa shape index (κ2) is 9.44. The number of hydrogen-bond acceptors (Lipinski definition) is 5. The lowest BCUT2D eigenvalue weighted by atomic mass is 10.1. The van der Waals surface area contributed by atoms with Crippen LogP contribution in [0.15, 0.2) is 59.3 Å². The molecule has 3 amide bonds. The molecular weight excluding hydrogens is 430 g/mol. The van der Waals surface area contributed by atoms with Crippen LogP contribution in [0.2, 0.25) is 0 Å². The van der Waals surface area contributed by atoms with E-state index in [0.29, 0.717) is 29.3 Å². The maximum absolute atomic E-state index is 13.0. The van der Waals surface area contributed by atoms with Crippen LogP contribution in [0.25, 0.3) is 0 Å². The van der Waals surface area contributed by atoms with Gasteiger partial charge in [0.25, 0.3) is 17.7 Å². The highest BCUT2D eigenvalue weighted by Gasteiger charge is 2.39. The molecule has 2 aromatic carbocycles. The summed E-state index contributed by atoms with van der Waals surface area (Å²) in [5.41, 5.74) is 1.33. The van der Waals surface area contributed by atoms with Gasteiger partial charge in [-0.1, -0.05) is 30.5 Å². The van der Waals surface area contributed by atoms with Crippen LogP contribution in [0, 0.1) is 0 Å². The second-order valence-corrected chi connectivity index (χ2v) is 8.10. The average molecular weight is 454 g/mol. The van der Waals surface area contributed by atoms with Crippen LogP contribution >= 0.6 is 11.6 Å². The monoisotopic (exact) mass is 453 g/mol. The minimum absolute atomic E-state index is 0.0288. The van der Waals surface area contributed by atoms with Crippen molar-refractivity contribution in [2.75, 3.05) is 16.8 Å². The van der Waals surface area contributed by atoms with Gasteiger partial charge in [0.2, 0.25) is 0 Å². The number of imide groups is 1. The summed E-state index contributed by atoms with van der Waals surface area (Å²) in [5, 5.41) is 5.76. The number of benzene rings is 2. The Morgan fingerprint density at radius 2 is 1.81 bits per heavy atom. The lowest BCUT2D eigenvalue weighted by molar-refractivity contribution is -0.120. The fourth-order valence-electron chi connectivity index (χ4n) is 3.93. The number of anilines is 2. The summed E-state index contributed by atoms with van der Waals surface area (Å²) in [7, 11) is 0. The summed E-state index contributed by atoms with van der Waals surface area (Å²) in [5.74, 6) is -0.700. The van der Waals surface area contributed by atoms with Gasteiger partial charge < -0.3 is 15.4 Å². The molecule has 32 heavy (non-hydrogen) atoms. The number of carbonyl (C=O) groups is 3. The van der Waals surface area contributed by atoms with Gasteiger partial charge in [0, 0.05) is 17.3 Å².